The van der Waals surface area contributed by atoms with Crippen molar-refractivity contribution in [2.75, 3.05) is 11.1 Å². The van der Waals surface area contributed by atoms with E-state index in [1.165, 1.54) is 0 Å². The summed E-state index contributed by atoms with van der Waals surface area (Å²) in [5.41, 5.74) is 8.21. The van der Waals surface area contributed by atoms with Crippen LogP contribution in [0.3, 0.4) is 0 Å². The molecule has 0 aliphatic carbocycles. The normalized spacial score (nSPS) is 10.4. The fraction of sp³-hybridized carbons (Fsp3) is 0.167. The summed E-state index contributed by atoms with van der Waals surface area (Å²) in [7, 11) is 0. The summed E-state index contributed by atoms with van der Waals surface area (Å²) < 4.78 is 1.03. The van der Waals surface area contributed by atoms with E-state index >= 15 is 0 Å². The SMILES string of the molecule is Cc1nc(Cl)nc(NCc2cccc(Br)c2)c1N. The van der Waals surface area contributed by atoms with Crippen LogP contribution in [0.4, 0.5) is 11.5 Å². The number of aromatic nitrogens is 2. The summed E-state index contributed by atoms with van der Waals surface area (Å²) in [4.78, 5) is 8.06. The summed E-state index contributed by atoms with van der Waals surface area (Å²) in [5.74, 6) is 0.562. The van der Waals surface area contributed by atoms with Gasteiger partial charge in [0.15, 0.2) is 5.82 Å². The molecule has 0 aliphatic rings. The summed E-state index contributed by atoms with van der Waals surface area (Å²) >= 11 is 9.23. The maximum atomic E-state index is 5.89. The zero-order valence-electron chi connectivity index (χ0n) is 9.74. The second-order valence-corrected chi connectivity index (χ2v) is 5.08. The fourth-order valence-corrected chi connectivity index (χ4v) is 2.17. The molecule has 3 N–H and O–H groups in total. The van der Waals surface area contributed by atoms with Gasteiger partial charge in [-0.15, -0.1) is 0 Å². The second-order valence-electron chi connectivity index (χ2n) is 3.82. The van der Waals surface area contributed by atoms with Crippen molar-refractivity contribution in [1.82, 2.24) is 9.97 Å². The molecule has 0 saturated carbocycles. The summed E-state index contributed by atoms with van der Waals surface area (Å²) in [6, 6.07) is 7.99. The van der Waals surface area contributed by atoms with Crippen molar-refractivity contribution in [3.8, 4) is 0 Å². The van der Waals surface area contributed by atoms with Crippen molar-refractivity contribution in [1.29, 1.82) is 0 Å². The lowest BCUT2D eigenvalue weighted by Crippen LogP contribution is -2.07. The number of rotatable bonds is 3. The van der Waals surface area contributed by atoms with Crippen LogP contribution < -0.4 is 11.1 Å². The molecular weight excluding hydrogens is 316 g/mol. The van der Waals surface area contributed by atoms with Crippen LogP contribution in [0.2, 0.25) is 5.28 Å². The van der Waals surface area contributed by atoms with E-state index in [-0.39, 0.29) is 5.28 Å². The van der Waals surface area contributed by atoms with Gasteiger partial charge >= 0.3 is 0 Å². The average Bonchev–Trinajstić information content (AvgIpc) is 2.32. The molecule has 0 bridgehead atoms. The van der Waals surface area contributed by atoms with Gasteiger partial charge < -0.3 is 11.1 Å². The minimum Gasteiger partial charge on any atom is -0.394 e. The topological polar surface area (TPSA) is 63.8 Å². The van der Waals surface area contributed by atoms with E-state index in [0.717, 1.165) is 10.0 Å². The quantitative estimate of drug-likeness (QED) is 0.848. The van der Waals surface area contributed by atoms with Crippen LogP contribution >= 0.6 is 27.5 Å². The Bertz CT molecular complexity index is 574. The number of nitrogens with one attached hydrogen (secondary N) is 1. The largest absolute Gasteiger partial charge is 0.394 e. The molecule has 4 nitrogen and oxygen atoms in total. The van der Waals surface area contributed by atoms with Gasteiger partial charge in [0.2, 0.25) is 5.28 Å². The number of halogens is 2. The minimum atomic E-state index is 0.193. The molecule has 1 aromatic heterocycles. The van der Waals surface area contributed by atoms with Crippen molar-refractivity contribution in [3.05, 3.63) is 45.3 Å². The molecule has 0 radical (unpaired) electrons. The monoisotopic (exact) mass is 326 g/mol. The van der Waals surface area contributed by atoms with Crippen LogP contribution in [0, 0.1) is 6.92 Å². The first-order valence-corrected chi connectivity index (χ1v) is 6.51. The third kappa shape index (κ3) is 3.11. The van der Waals surface area contributed by atoms with E-state index in [2.05, 4.69) is 31.2 Å². The van der Waals surface area contributed by atoms with Gasteiger partial charge in [0.05, 0.1) is 11.4 Å². The van der Waals surface area contributed by atoms with E-state index in [1.807, 2.05) is 24.3 Å². The lowest BCUT2D eigenvalue weighted by atomic mass is 10.2. The lowest BCUT2D eigenvalue weighted by molar-refractivity contribution is 1.06. The lowest BCUT2D eigenvalue weighted by Gasteiger charge is -2.10. The zero-order chi connectivity index (χ0) is 13.1. The van der Waals surface area contributed by atoms with Gasteiger partial charge in [-0.2, -0.15) is 4.98 Å². The highest BCUT2D eigenvalue weighted by Crippen LogP contribution is 2.21. The van der Waals surface area contributed by atoms with Gasteiger partial charge in [-0.3, -0.25) is 0 Å². The molecule has 2 rings (SSSR count). The molecule has 0 fully saturated rings. The summed E-state index contributed by atoms with van der Waals surface area (Å²) in [5, 5.41) is 3.35. The Balaban J connectivity index is 2.15. The molecule has 0 aliphatic heterocycles. The number of nitrogens with two attached hydrogens (primary N) is 1. The molecule has 0 saturated heterocycles. The maximum absolute atomic E-state index is 5.89. The van der Waals surface area contributed by atoms with Gasteiger partial charge in [-0.05, 0) is 36.2 Å². The highest BCUT2D eigenvalue weighted by atomic mass is 79.9. The molecule has 0 spiro atoms. The van der Waals surface area contributed by atoms with Crippen molar-refractivity contribution >= 4 is 39.0 Å². The highest BCUT2D eigenvalue weighted by Gasteiger charge is 2.07. The fourth-order valence-electron chi connectivity index (χ4n) is 1.51. The Kier molecular flexibility index (Phi) is 4.04. The van der Waals surface area contributed by atoms with Crippen LogP contribution in [-0.2, 0) is 6.54 Å². The second kappa shape index (κ2) is 5.54. The Morgan fingerprint density at radius 1 is 1.39 bits per heavy atom. The number of aryl methyl sites for hydroxylation is 1. The Morgan fingerprint density at radius 2 is 2.17 bits per heavy atom. The van der Waals surface area contributed by atoms with E-state index in [9.17, 15) is 0 Å². The number of nitrogen functional groups attached to an aromatic ring is 1. The Labute approximate surface area is 119 Å². The number of anilines is 2. The summed E-state index contributed by atoms with van der Waals surface area (Å²) in [6.45, 7) is 2.42. The Morgan fingerprint density at radius 3 is 2.89 bits per heavy atom. The van der Waals surface area contributed by atoms with Gasteiger partial charge in [0.1, 0.15) is 0 Å². The van der Waals surface area contributed by atoms with Gasteiger partial charge in [-0.1, -0.05) is 28.1 Å². The van der Waals surface area contributed by atoms with Crippen molar-refractivity contribution in [2.45, 2.75) is 13.5 Å². The predicted octanol–water partition coefficient (Wildman–Crippen LogP) is 3.40. The molecule has 2 aromatic rings. The maximum Gasteiger partial charge on any atom is 0.224 e. The standard InChI is InChI=1S/C12H12BrClN4/c1-7-10(15)11(18-12(14)17-7)16-6-8-3-2-4-9(13)5-8/h2-5H,6,15H2,1H3,(H,16,17,18). The zero-order valence-corrected chi connectivity index (χ0v) is 12.1. The highest BCUT2D eigenvalue weighted by molar-refractivity contribution is 9.10. The van der Waals surface area contributed by atoms with Gasteiger partial charge in [-0.25, -0.2) is 4.98 Å². The van der Waals surface area contributed by atoms with Crippen molar-refractivity contribution < 1.29 is 0 Å². The first-order valence-electron chi connectivity index (χ1n) is 5.34. The molecular formula is C12H12BrClN4. The number of benzene rings is 1. The van der Waals surface area contributed by atoms with Gasteiger partial charge in [0.25, 0.3) is 0 Å². The van der Waals surface area contributed by atoms with E-state index in [0.29, 0.717) is 23.7 Å². The molecule has 6 heteroatoms. The van der Waals surface area contributed by atoms with Crippen molar-refractivity contribution in [3.63, 3.8) is 0 Å². The molecule has 1 heterocycles. The van der Waals surface area contributed by atoms with Crippen LogP contribution in [0.25, 0.3) is 0 Å². The number of hydrogen-bond donors (Lipinski definition) is 2. The third-order valence-corrected chi connectivity index (χ3v) is 3.12. The first-order chi connectivity index (χ1) is 8.56. The first kappa shape index (κ1) is 13.1. The smallest absolute Gasteiger partial charge is 0.224 e. The van der Waals surface area contributed by atoms with Gasteiger partial charge in [0, 0.05) is 11.0 Å². The molecule has 0 atom stereocenters. The van der Waals surface area contributed by atoms with Crippen LogP contribution in [0.5, 0.6) is 0 Å². The van der Waals surface area contributed by atoms with E-state index in [1.54, 1.807) is 6.92 Å². The molecule has 1 aromatic carbocycles. The summed E-state index contributed by atoms with van der Waals surface area (Å²) in [6.07, 6.45) is 0. The van der Waals surface area contributed by atoms with Crippen LogP contribution in [-0.4, -0.2) is 9.97 Å². The molecule has 18 heavy (non-hydrogen) atoms. The number of nitrogens with zero attached hydrogens (tertiary/aromatic N) is 2. The molecule has 0 unspecified atom stereocenters. The molecule has 94 valence electrons. The van der Waals surface area contributed by atoms with Crippen LogP contribution in [0.15, 0.2) is 28.7 Å². The van der Waals surface area contributed by atoms with Crippen molar-refractivity contribution in [2.24, 2.45) is 0 Å². The molecule has 0 amide bonds. The number of hydrogen-bond acceptors (Lipinski definition) is 4. The van der Waals surface area contributed by atoms with E-state index < -0.39 is 0 Å². The third-order valence-electron chi connectivity index (χ3n) is 2.46. The Hall–Kier alpha value is -1.33. The minimum absolute atomic E-state index is 0.193. The average molecular weight is 328 g/mol. The van der Waals surface area contributed by atoms with E-state index in [4.69, 9.17) is 17.3 Å². The predicted molar refractivity (Wildman–Crippen MR) is 77.7 cm³/mol. The van der Waals surface area contributed by atoms with Crippen LogP contribution in [0.1, 0.15) is 11.3 Å².